The van der Waals surface area contributed by atoms with Crippen LogP contribution in [-0.2, 0) is 14.8 Å². The molecule has 1 aliphatic rings. The molecule has 0 amide bonds. The molecule has 118 valence electrons. The Labute approximate surface area is 127 Å². The van der Waals surface area contributed by atoms with E-state index >= 15 is 0 Å². The lowest BCUT2D eigenvalue weighted by molar-refractivity contribution is 0.0902. The lowest BCUT2D eigenvalue weighted by Crippen LogP contribution is -2.40. The molecular formula is C15H24N2O3S. The molecule has 2 N–H and O–H groups in total. The molecule has 1 aromatic carbocycles. The number of hydrogen-bond donors (Lipinski definition) is 2. The SMILES string of the molecule is CCCNc1ccccc1S(=O)(=O)NC(C)C1CCCO1. The van der Waals surface area contributed by atoms with Gasteiger partial charge in [-0.05, 0) is 38.3 Å². The lowest BCUT2D eigenvalue weighted by atomic mass is 10.1. The van der Waals surface area contributed by atoms with E-state index in [0.717, 1.165) is 25.8 Å². The van der Waals surface area contributed by atoms with Crippen molar-refractivity contribution in [2.24, 2.45) is 0 Å². The van der Waals surface area contributed by atoms with Crippen molar-refractivity contribution in [3.63, 3.8) is 0 Å². The molecule has 0 radical (unpaired) electrons. The Morgan fingerprint density at radius 2 is 2.14 bits per heavy atom. The van der Waals surface area contributed by atoms with Crippen LogP contribution < -0.4 is 10.0 Å². The first-order valence-corrected chi connectivity index (χ1v) is 8.99. The van der Waals surface area contributed by atoms with Crippen molar-refractivity contribution >= 4 is 15.7 Å². The van der Waals surface area contributed by atoms with Gasteiger partial charge in [0.2, 0.25) is 10.0 Å². The van der Waals surface area contributed by atoms with Crippen LogP contribution in [0.3, 0.4) is 0 Å². The van der Waals surface area contributed by atoms with E-state index in [1.165, 1.54) is 0 Å². The van der Waals surface area contributed by atoms with Crippen LogP contribution in [0.25, 0.3) is 0 Å². The van der Waals surface area contributed by atoms with E-state index in [1.54, 1.807) is 18.2 Å². The molecule has 2 rings (SSSR count). The molecule has 2 unspecified atom stereocenters. The van der Waals surface area contributed by atoms with Crippen molar-refractivity contribution < 1.29 is 13.2 Å². The zero-order valence-electron chi connectivity index (χ0n) is 12.6. The first kappa shape index (κ1) is 16.3. The molecule has 6 heteroatoms. The average molecular weight is 312 g/mol. The average Bonchev–Trinajstić information content (AvgIpc) is 2.99. The van der Waals surface area contributed by atoms with Gasteiger partial charge in [0.05, 0.1) is 11.8 Å². The Kier molecular flexibility index (Phi) is 5.61. The Hall–Kier alpha value is -1.11. The smallest absolute Gasteiger partial charge is 0.242 e. The number of ether oxygens (including phenoxy) is 1. The van der Waals surface area contributed by atoms with E-state index in [1.807, 2.05) is 19.9 Å². The minimum absolute atomic E-state index is 0.0319. The van der Waals surface area contributed by atoms with Gasteiger partial charge in [0.1, 0.15) is 4.90 Å². The van der Waals surface area contributed by atoms with Gasteiger partial charge in [-0.3, -0.25) is 0 Å². The summed E-state index contributed by atoms with van der Waals surface area (Å²) < 4.78 is 33.4. The van der Waals surface area contributed by atoms with Crippen molar-refractivity contribution in [1.82, 2.24) is 4.72 Å². The molecule has 1 saturated heterocycles. The van der Waals surface area contributed by atoms with Crippen molar-refractivity contribution in [3.8, 4) is 0 Å². The topological polar surface area (TPSA) is 67.4 Å². The number of para-hydroxylation sites is 1. The fourth-order valence-corrected chi connectivity index (χ4v) is 3.94. The van der Waals surface area contributed by atoms with E-state index in [2.05, 4.69) is 10.0 Å². The van der Waals surface area contributed by atoms with Crippen LogP contribution in [0.1, 0.15) is 33.1 Å². The fraction of sp³-hybridized carbons (Fsp3) is 0.600. The van der Waals surface area contributed by atoms with E-state index in [9.17, 15) is 8.42 Å². The van der Waals surface area contributed by atoms with Crippen LogP contribution in [-0.4, -0.2) is 33.7 Å². The van der Waals surface area contributed by atoms with E-state index in [4.69, 9.17) is 4.74 Å². The number of rotatable bonds is 7. The third-order valence-corrected chi connectivity index (χ3v) is 5.22. The van der Waals surface area contributed by atoms with Gasteiger partial charge in [0.15, 0.2) is 0 Å². The zero-order chi connectivity index (χ0) is 15.3. The van der Waals surface area contributed by atoms with Crippen LogP contribution in [0.15, 0.2) is 29.2 Å². The molecule has 0 saturated carbocycles. The summed E-state index contributed by atoms with van der Waals surface area (Å²) in [5.74, 6) is 0. The third-order valence-electron chi connectivity index (χ3n) is 3.61. The quantitative estimate of drug-likeness (QED) is 0.811. The summed E-state index contributed by atoms with van der Waals surface area (Å²) in [4.78, 5) is 0.295. The predicted molar refractivity (Wildman–Crippen MR) is 84.0 cm³/mol. The van der Waals surface area contributed by atoms with Crippen LogP contribution >= 0.6 is 0 Å². The molecule has 0 aliphatic carbocycles. The molecule has 0 spiro atoms. The Morgan fingerprint density at radius 3 is 2.81 bits per heavy atom. The van der Waals surface area contributed by atoms with Crippen LogP contribution in [0.2, 0.25) is 0 Å². The zero-order valence-corrected chi connectivity index (χ0v) is 13.4. The van der Waals surface area contributed by atoms with Crippen molar-refractivity contribution in [2.45, 2.75) is 50.2 Å². The van der Waals surface area contributed by atoms with Crippen molar-refractivity contribution in [1.29, 1.82) is 0 Å². The highest BCUT2D eigenvalue weighted by Crippen LogP contribution is 2.22. The van der Waals surface area contributed by atoms with Crippen LogP contribution in [0.5, 0.6) is 0 Å². The second-order valence-electron chi connectivity index (χ2n) is 5.38. The normalized spacial score (nSPS) is 20.4. The predicted octanol–water partition coefficient (Wildman–Crippen LogP) is 2.35. The van der Waals surface area contributed by atoms with Gasteiger partial charge in [-0.15, -0.1) is 0 Å². The summed E-state index contributed by atoms with van der Waals surface area (Å²) in [5, 5.41) is 3.16. The highest BCUT2D eigenvalue weighted by Gasteiger charge is 2.28. The van der Waals surface area contributed by atoms with Gasteiger partial charge in [-0.25, -0.2) is 13.1 Å². The van der Waals surface area contributed by atoms with Crippen LogP contribution in [0, 0.1) is 0 Å². The number of anilines is 1. The molecule has 2 atom stereocenters. The van der Waals surface area contributed by atoms with Crippen LogP contribution in [0.4, 0.5) is 5.69 Å². The molecular weight excluding hydrogens is 288 g/mol. The minimum Gasteiger partial charge on any atom is -0.384 e. The maximum atomic E-state index is 12.6. The van der Waals surface area contributed by atoms with Crippen molar-refractivity contribution in [2.75, 3.05) is 18.5 Å². The molecule has 1 aromatic rings. The van der Waals surface area contributed by atoms with Crippen molar-refractivity contribution in [3.05, 3.63) is 24.3 Å². The van der Waals surface area contributed by atoms with Gasteiger partial charge in [0.25, 0.3) is 0 Å². The summed E-state index contributed by atoms with van der Waals surface area (Å²) in [6.07, 6.45) is 2.80. The van der Waals surface area contributed by atoms with E-state index in [0.29, 0.717) is 17.2 Å². The Bertz CT molecular complexity index is 554. The van der Waals surface area contributed by atoms with Gasteiger partial charge in [-0.1, -0.05) is 19.1 Å². The number of nitrogens with one attached hydrogen (secondary N) is 2. The molecule has 5 nitrogen and oxygen atoms in total. The largest absolute Gasteiger partial charge is 0.384 e. The van der Waals surface area contributed by atoms with Gasteiger partial charge in [-0.2, -0.15) is 0 Å². The Morgan fingerprint density at radius 1 is 1.38 bits per heavy atom. The molecule has 1 heterocycles. The number of hydrogen-bond acceptors (Lipinski definition) is 4. The number of sulfonamides is 1. The molecule has 21 heavy (non-hydrogen) atoms. The minimum atomic E-state index is -3.55. The summed E-state index contributed by atoms with van der Waals surface area (Å²) in [6.45, 7) is 5.36. The van der Waals surface area contributed by atoms with Gasteiger partial charge >= 0.3 is 0 Å². The second-order valence-corrected chi connectivity index (χ2v) is 7.07. The highest BCUT2D eigenvalue weighted by atomic mass is 32.2. The maximum absolute atomic E-state index is 12.6. The van der Waals surface area contributed by atoms with Gasteiger partial charge < -0.3 is 10.1 Å². The highest BCUT2D eigenvalue weighted by molar-refractivity contribution is 7.89. The molecule has 1 aliphatic heterocycles. The maximum Gasteiger partial charge on any atom is 0.242 e. The van der Waals surface area contributed by atoms with Gasteiger partial charge in [0, 0.05) is 19.2 Å². The number of benzene rings is 1. The fourth-order valence-electron chi connectivity index (χ4n) is 2.49. The Balaban J connectivity index is 2.14. The van der Waals surface area contributed by atoms with E-state index < -0.39 is 10.0 Å². The lowest BCUT2D eigenvalue weighted by Gasteiger charge is -2.21. The summed E-state index contributed by atoms with van der Waals surface area (Å²) >= 11 is 0. The first-order chi connectivity index (χ1) is 10.0. The standard InChI is InChI=1S/C15H24N2O3S/c1-3-10-16-13-7-4-5-9-15(13)21(18,19)17-12(2)14-8-6-11-20-14/h4-5,7,9,12,14,16-17H,3,6,8,10-11H2,1-2H3. The second kappa shape index (κ2) is 7.24. The summed E-state index contributed by atoms with van der Waals surface area (Å²) in [7, 11) is -3.55. The third kappa shape index (κ3) is 4.18. The molecule has 0 bridgehead atoms. The summed E-state index contributed by atoms with van der Waals surface area (Å²) in [5.41, 5.74) is 0.645. The molecule has 1 fully saturated rings. The monoisotopic (exact) mass is 312 g/mol. The first-order valence-electron chi connectivity index (χ1n) is 7.51. The summed E-state index contributed by atoms with van der Waals surface area (Å²) in [6, 6.07) is 6.77. The van der Waals surface area contributed by atoms with E-state index in [-0.39, 0.29) is 12.1 Å². The molecule has 0 aromatic heterocycles.